The quantitative estimate of drug-likeness (QED) is 0.832. The third kappa shape index (κ3) is 4.13. The Balaban J connectivity index is 1.46. The van der Waals surface area contributed by atoms with Crippen LogP contribution in [-0.4, -0.2) is 53.9 Å². The van der Waals surface area contributed by atoms with Gasteiger partial charge in [-0.1, -0.05) is 24.3 Å². The molecule has 1 atom stereocenters. The summed E-state index contributed by atoms with van der Waals surface area (Å²) < 4.78 is 0. The number of benzene rings is 1. The van der Waals surface area contributed by atoms with Crippen molar-refractivity contribution in [1.29, 1.82) is 0 Å². The van der Waals surface area contributed by atoms with Gasteiger partial charge in [0, 0.05) is 45.6 Å². The van der Waals surface area contributed by atoms with Gasteiger partial charge in [-0.25, -0.2) is 0 Å². The first-order valence-electron chi connectivity index (χ1n) is 9.66. The predicted octanol–water partition coefficient (Wildman–Crippen LogP) is 3.09. The van der Waals surface area contributed by atoms with Crippen molar-refractivity contribution in [2.75, 3.05) is 33.2 Å². The first-order valence-corrected chi connectivity index (χ1v) is 9.66. The Morgan fingerprint density at radius 3 is 2.38 bits per heavy atom. The van der Waals surface area contributed by atoms with Crippen molar-refractivity contribution in [3.63, 3.8) is 0 Å². The fraction of sp³-hybridized carbons (Fsp3) is 0.455. The molecule has 4 nitrogen and oxygen atoms in total. The van der Waals surface area contributed by atoms with Gasteiger partial charge in [-0.05, 0) is 54.0 Å². The van der Waals surface area contributed by atoms with Crippen molar-refractivity contribution in [3.8, 4) is 11.1 Å². The van der Waals surface area contributed by atoms with E-state index >= 15 is 0 Å². The maximum atomic E-state index is 12.8. The predicted molar refractivity (Wildman–Crippen MR) is 104 cm³/mol. The SMILES string of the molecule is CN1CCN(CC2CC2)C[C@H](Cc2ccc(-c3ccncc3)cc2)C1=O. The molecule has 1 aromatic heterocycles. The van der Waals surface area contributed by atoms with Crippen LogP contribution in [0, 0.1) is 11.8 Å². The summed E-state index contributed by atoms with van der Waals surface area (Å²) in [4.78, 5) is 21.3. The molecule has 1 aliphatic carbocycles. The number of carbonyl (C=O) groups is 1. The van der Waals surface area contributed by atoms with Crippen LogP contribution >= 0.6 is 0 Å². The van der Waals surface area contributed by atoms with E-state index in [0.29, 0.717) is 5.91 Å². The fourth-order valence-electron chi connectivity index (χ4n) is 3.84. The van der Waals surface area contributed by atoms with Crippen LogP contribution in [0.2, 0.25) is 0 Å². The molecule has 136 valence electrons. The average Bonchev–Trinajstić information content (AvgIpc) is 3.50. The minimum Gasteiger partial charge on any atom is -0.344 e. The number of rotatable bonds is 5. The molecular formula is C22H27N3O. The maximum Gasteiger partial charge on any atom is 0.227 e. The van der Waals surface area contributed by atoms with Crippen LogP contribution in [0.3, 0.4) is 0 Å². The number of nitrogens with zero attached hydrogens (tertiary/aromatic N) is 3. The molecule has 2 aliphatic rings. The van der Waals surface area contributed by atoms with Gasteiger partial charge in [0.15, 0.2) is 0 Å². The van der Waals surface area contributed by atoms with Crippen molar-refractivity contribution < 1.29 is 4.79 Å². The second-order valence-corrected chi connectivity index (χ2v) is 7.80. The Kier molecular flexibility index (Phi) is 5.02. The minimum atomic E-state index is 0.0630. The van der Waals surface area contributed by atoms with Crippen LogP contribution in [0.15, 0.2) is 48.8 Å². The minimum absolute atomic E-state index is 0.0630. The van der Waals surface area contributed by atoms with Crippen LogP contribution in [0.25, 0.3) is 11.1 Å². The molecule has 0 spiro atoms. The number of amides is 1. The third-order valence-corrected chi connectivity index (χ3v) is 5.62. The molecule has 0 bridgehead atoms. The number of hydrogen-bond donors (Lipinski definition) is 0. The zero-order chi connectivity index (χ0) is 17.9. The second kappa shape index (κ2) is 7.58. The van der Waals surface area contributed by atoms with Crippen molar-refractivity contribution in [1.82, 2.24) is 14.8 Å². The van der Waals surface area contributed by atoms with Crippen LogP contribution in [-0.2, 0) is 11.2 Å². The van der Waals surface area contributed by atoms with Crippen LogP contribution in [0.1, 0.15) is 18.4 Å². The monoisotopic (exact) mass is 349 g/mol. The summed E-state index contributed by atoms with van der Waals surface area (Å²) in [6.07, 6.45) is 7.18. The third-order valence-electron chi connectivity index (χ3n) is 5.62. The van der Waals surface area contributed by atoms with E-state index in [9.17, 15) is 4.79 Å². The van der Waals surface area contributed by atoms with E-state index in [0.717, 1.165) is 32.0 Å². The van der Waals surface area contributed by atoms with Gasteiger partial charge in [-0.15, -0.1) is 0 Å². The van der Waals surface area contributed by atoms with Crippen molar-refractivity contribution in [3.05, 3.63) is 54.4 Å². The van der Waals surface area contributed by atoms with Gasteiger partial charge in [-0.2, -0.15) is 0 Å². The Morgan fingerprint density at radius 1 is 1.00 bits per heavy atom. The molecule has 0 N–H and O–H groups in total. The van der Waals surface area contributed by atoms with Crippen LogP contribution < -0.4 is 0 Å². The van der Waals surface area contributed by atoms with Crippen LogP contribution in [0.4, 0.5) is 0 Å². The lowest BCUT2D eigenvalue weighted by molar-refractivity contribution is -0.133. The molecule has 26 heavy (non-hydrogen) atoms. The summed E-state index contributed by atoms with van der Waals surface area (Å²) in [5.74, 6) is 1.23. The van der Waals surface area contributed by atoms with Crippen LogP contribution in [0.5, 0.6) is 0 Å². The highest BCUT2D eigenvalue weighted by Crippen LogP contribution is 2.30. The summed E-state index contributed by atoms with van der Waals surface area (Å²) in [6, 6.07) is 12.7. The molecule has 1 amide bonds. The highest BCUT2D eigenvalue weighted by Gasteiger charge is 2.31. The Morgan fingerprint density at radius 2 is 1.69 bits per heavy atom. The molecule has 1 saturated carbocycles. The van der Waals surface area contributed by atoms with Gasteiger partial charge in [0.2, 0.25) is 5.91 Å². The number of aromatic nitrogens is 1. The molecule has 4 rings (SSSR count). The zero-order valence-electron chi connectivity index (χ0n) is 15.5. The van der Waals surface area contributed by atoms with Gasteiger partial charge in [0.25, 0.3) is 0 Å². The average molecular weight is 349 g/mol. The molecule has 1 saturated heterocycles. The Labute approximate surface area is 155 Å². The summed E-state index contributed by atoms with van der Waals surface area (Å²) in [5, 5.41) is 0. The molecule has 2 aromatic rings. The van der Waals surface area contributed by atoms with E-state index < -0.39 is 0 Å². The standard InChI is InChI=1S/C22H27N3O/c1-24-12-13-25(15-18-2-3-18)16-21(22(24)26)14-17-4-6-19(7-5-17)20-8-10-23-11-9-20/h4-11,18,21H,2-3,12-16H2,1H3/t21-/m0/s1. The summed E-state index contributed by atoms with van der Waals surface area (Å²) in [6.45, 7) is 3.92. The van der Waals surface area contributed by atoms with E-state index in [1.165, 1.54) is 36.1 Å². The van der Waals surface area contributed by atoms with E-state index in [1.807, 2.05) is 36.5 Å². The van der Waals surface area contributed by atoms with Crippen molar-refractivity contribution in [2.45, 2.75) is 19.3 Å². The van der Waals surface area contributed by atoms with Gasteiger partial charge < -0.3 is 9.80 Å². The lowest BCUT2D eigenvalue weighted by Crippen LogP contribution is -2.35. The van der Waals surface area contributed by atoms with Gasteiger partial charge in [-0.3, -0.25) is 9.78 Å². The molecule has 1 aromatic carbocycles. The lowest BCUT2D eigenvalue weighted by atomic mass is 9.96. The van der Waals surface area contributed by atoms with Gasteiger partial charge >= 0.3 is 0 Å². The highest BCUT2D eigenvalue weighted by molar-refractivity contribution is 5.79. The van der Waals surface area contributed by atoms with Gasteiger partial charge in [0.05, 0.1) is 5.92 Å². The van der Waals surface area contributed by atoms with E-state index in [1.54, 1.807) is 0 Å². The van der Waals surface area contributed by atoms with E-state index in [4.69, 9.17) is 0 Å². The Hall–Kier alpha value is -2.20. The molecule has 1 aliphatic heterocycles. The molecule has 2 heterocycles. The number of hydrogen-bond acceptors (Lipinski definition) is 3. The van der Waals surface area contributed by atoms with Gasteiger partial charge in [0.1, 0.15) is 0 Å². The topological polar surface area (TPSA) is 36.4 Å². The van der Waals surface area contributed by atoms with Crippen molar-refractivity contribution >= 4 is 5.91 Å². The maximum absolute atomic E-state index is 12.8. The smallest absolute Gasteiger partial charge is 0.227 e. The fourth-order valence-corrected chi connectivity index (χ4v) is 3.84. The summed E-state index contributed by atoms with van der Waals surface area (Å²) >= 11 is 0. The largest absolute Gasteiger partial charge is 0.344 e. The summed E-state index contributed by atoms with van der Waals surface area (Å²) in [7, 11) is 1.95. The molecule has 0 unspecified atom stereocenters. The molecule has 4 heteroatoms. The highest BCUT2D eigenvalue weighted by atomic mass is 16.2. The zero-order valence-corrected chi connectivity index (χ0v) is 15.5. The summed E-state index contributed by atoms with van der Waals surface area (Å²) in [5.41, 5.74) is 3.60. The number of pyridine rings is 1. The normalized spacial score (nSPS) is 21.7. The second-order valence-electron chi connectivity index (χ2n) is 7.80. The first-order chi connectivity index (χ1) is 12.7. The molecule has 2 fully saturated rings. The first kappa shape index (κ1) is 17.2. The van der Waals surface area contributed by atoms with Crippen molar-refractivity contribution in [2.24, 2.45) is 11.8 Å². The van der Waals surface area contributed by atoms with E-state index in [2.05, 4.69) is 34.1 Å². The Bertz CT molecular complexity index is 740. The molecule has 0 radical (unpaired) electrons. The molecular weight excluding hydrogens is 322 g/mol. The van der Waals surface area contributed by atoms with E-state index in [-0.39, 0.29) is 5.92 Å². The number of likely N-dealkylation sites (N-methyl/N-ethyl adjacent to an activating group) is 1. The lowest BCUT2D eigenvalue weighted by Gasteiger charge is -2.23. The number of carbonyl (C=O) groups excluding carboxylic acids is 1.